The molecule has 0 bridgehead atoms. The van der Waals surface area contributed by atoms with Crippen LogP contribution in [0, 0.1) is 13.8 Å². The quantitative estimate of drug-likeness (QED) is 0.429. The van der Waals surface area contributed by atoms with E-state index >= 15 is 0 Å². The number of hydrogen-bond donors (Lipinski definition) is 3. The van der Waals surface area contributed by atoms with Crippen molar-refractivity contribution in [1.29, 1.82) is 0 Å². The Morgan fingerprint density at radius 2 is 1.85 bits per heavy atom. The number of rotatable bonds is 4. The first-order valence-electron chi connectivity index (χ1n) is 8.38. The van der Waals surface area contributed by atoms with Gasteiger partial charge in [0.1, 0.15) is 11.5 Å². The predicted octanol–water partition coefficient (Wildman–Crippen LogP) is 4.32. The third-order valence-corrected chi connectivity index (χ3v) is 5.16. The van der Waals surface area contributed by atoms with Crippen LogP contribution in [0.4, 0.5) is 0 Å². The summed E-state index contributed by atoms with van der Waals surface area (Å²) in [4.78, 5) is 12.3. The third-order valence-electron chi connectivity index (χ3n) is 4.47. The summed E-state index contributed by atoms with van der Waals surface area (Å²) in [5, 5.41) is 25.9. The zero-order valence-electron chi connectivity index (χ0n) is 15.0. The highest BCUT2D eigenvalue weighted by atomic mass is 79.9. The van der Waals surface area contributed by atoms with Gasteiger partial charge in [0.25, 0.3) is 0 Å². The van der Waals surface area contributed by atoms with Gasteiger partial charge in [0.2, 0.25) is 5.91 Å². The van der Waals surface area contributed by atoms with E-state index in [9.17, 15) is 15.0 Å². The standard InChI is InChI=1S/C21H19BrN2O3/c1-12-9-19(25)13(2)21(27)17(12)11-23-24-20(26)10-14-7-8-18(22)16-6-4-3-5-15(14)16/h3-9,11,25,27H,10H2,1-2H3,(H,24,26)/b23-11-. The van der Waals surface area contributed by atoms with Crippen LogP contribution in [-0.4, -0.2) is 22.3 Å². The van der Waals surface area contributed by atoms with Crippen molar-refractivity contribution < 1.29 is 15.0 Å². The summed E-state index contributed by atoms with van der Waals surface area (Å²) < 4.78 is 0.980. The highest BCUT2D eigenvalue weighted by Gasteiger charge is 2.11. The van der Waals surface area contributed by atoms with Crippen LogP contribution in [0.15, 0.2) is 52.0 Å². The molecule has 0 saturated carbocycles. The lowest BCUT2D eigenvalue weighted by molar-refractivity contribution is -0.120. The number of nitrogens with zero attached hydrogens (tertiary/aromatic N) is 1. The molecule has 3 aromatic rings. The molecular formula is C21H19BrN2O3. The van der Waals surface area contributed by atoms with Crippen molar-refractivity contribution in [2.75, 3.05) is 0 Å². The summed E-state index contributed by atoms with van der Waals surface area (Å²) in [6, 6.07) is 13.3. The van der Waals surface area contributed by atoms with Gasteiger partial charge < -0.3 is 10.2 Å². The van der Waals surface area contributed by atoms with Gasteiger partial charge in [-0.3, -0.25) is 4.79 Å². The minimum Gasteiger partial charge on any atom is -0.508 e. The maximum Gasteiger partial charge on any atom is 0.244 e. The second-order valence-corrected chi connectivity index (χ2v) is 7.18. The fourth-order valence-electron chi connectivity index (χ4n) is 2.92. The van der Waals surface area contributed by atoms with Crippen molar-refractivity contribution in [3.63, 3.8) is 0 Å². The molecule has 0 heterocycles. The Kier molecular flexibility index (Phi) is 5.46. The van der Waals surface area contributed by atoms with Gasteiger partial charge in [-0.25, -0.2) is 5.43 Å². The van der Waals surface area contributed by atoms with E-state index in [-0.39, 0.29) is 23.8 Å². The molecule has 0 aliphatic carbocycles. The summed E-state index contributed by atoms with van der Waals surface area (Å²) in [6.45, 7) is 3.36. The summed E-state index contributed by atoms with van der Waals surface area (Å²) >= 11 is 3.52. The number of hydrazone groups is 1. The Morgan fingerprint density at radius 3 is 2.59 bits per heavy atom. The van der Waals surface area contributed by atoms with E-state index in [4.69, 9.17) is 0 Å². The van der Waals surface area contributed by atoms with E-state index in [1.807, 2.05) is 36.4 Å². The van der Waals surface area contributed by atoms with E-state index in [1.54, 1.807) is 19.9 Å². The Labute approximate surface area is 165 Å². The summed E-state index contributed by atoms with van der Waals surface area (Å²) in [6.07, 6.45) is 1.57. The minimum atomic E-state index is -0.258. The number of hydrogen-bond acceptors (Lipinski definition) is 4. The number of carbonyl (C=O) groups is 1. The van der Waals surface area contributed by atoms with Gasteiger partial charge >= 0.3 is 0 Å². The van der Waals surface area contributed by atoms with Crippen molar-refractivity contribution in [2.45, 2.75) is 20.3 Å². The Morgan fingerprint density at radius 1 is 1.15 bits per heavy atom. The number of nitrogens with one attached hydrogen (secondary N) is 1. The third kappa shape index (κ3) is 3.95. The molecule has 0 spiro atoms. The minimum absolute atomic E-state index is 0.0216. The van der Waals surface area contributed by atoms with Gasteiger partial charge in [-0.15, -0.1) is 0 Å². The van der Waals surface area contributed by atoms with Crippen LogP contribution in [0.3, 0.4) is 0 Å². The smallest absolute Gasteiger partial charge is 0.244 e. The van der Waals surface area contributed by atoms with Crippen LogP contribution in [0.2, 0.25) is 0 Å². The van der Waals surface area contributed by atoms with Crippen LogP contribution in [-0.2, 0) is 11.2 Å². The SMILES string of the molecule is Cc1cc(O)c(C)c(O)c1/C=N\NC(=O)Cc1ccc(Br)c2ccccc12. The zero-order valence-corrected chi connectivity index (χ0v) is 16.5. The van der Waals surface area contributed by atoms with Crippen molar-refractivity contribution in [3.05, 3.63) is 69.2 Å². The molecule has 6 heteroatoms. The first-order chi connectivity index (χ1) is 12.9. The molecule has 1 amide bonds. The molecule has 138 valence electrons. The second kappa shape index (κ2) is 7.80. The van der Waals surface area contributed by atoms with E-state index in [1.165, 1.54) is 6.21 Å². The lowest BCUT2D eigenvalue weighted by Gasteiger charge is -2.09. The summed E-state index contributed by atoms with van der Waals surface area (Å²) in [5.41, 5.74) is 4.88. The number of aromatic hydroxyl groups is 2. The number of phenols is 2. The molecular weight excluding hydrogens is 408 g/mol. The summed E-state index contributed by atoms with van der Waals surface area (Å²) in [7, 11) is 0. The molecule has 3 N–H and O–H groups in total. The highest BCUT2D eigenvalue weighted by Crippen LogP contribution is 2.31. The average molecular weight is 427 g/mol. The van der Waals surface area contributed by atoms with E-state index < -0.39 is 0 Å². The zero-order chi connectivity index (χ0) is 19.6. The Bertz CT molecular complexity index is 1060. The fraction of sp³-hybridized carbons (Fsp3) is 0.143. The lowest BCUT2D eigenvalue weighted by atomic mass is 10.0. The van der Waals surface area contributed by atoms with Gasteiger partial charge in [-0.1, -0.05) is 46.3 Å². The average Bonchev–Trinajstić information content (AvgIpc) is 2.65. The van der Waals surface area contributed by atoms with E-state index in [2.05, 4.69) is 26.5 Å². The molecule has 3 rings (SSSR count). The van der Waals surface area contributed by atoms with Gasteiger partial charge in [0.15, 0.2) is 0 Å². The molecule has 27 heavy (non-hydrogen) atoms. The number of halogens is 1. The van der Waals surface area contributed by atoms with Crippen LogP contribution in [0.1, 0.15) is 22.3 Å². The molecule has 0 fully saturated rings. The maximum absolute atomic E-state index is 12.3. The van der Waals surface area contributed by atoms with Gasteiger partial charge in [0.05, 0.1) is 12.6 Å². The molecule has 0 saturated heterocycles. The van der Waals surface area contributed by atoms with E-state index in [0.717, 1.165) is 20.8 Å². The molecule has 0 aromatic heterocycles. The topological polar surface area (TPSA) is 81.9 Å². The number of fused-ring (bicyclic) bond motifs is 1. The first kappa shape index (κ1) is 18.9. The Balaban J connectivity index is 1.76. The van der Waals surface area contributed by atoms with Gasteiger partial charge in [-0.05, 0) is 47.9 Å². The number of benzene rings is 3. The molecule has 0 aliphatic heterocycles. The van der Waals surface area contributed by atoms with Crippen molar-refractivity contribution in [3.8, 4) is 11.5 Å². The molecule has 0 radical (unpaired) electrons. The van der Waals surface area contributed by atoms with Crippen molar-refractivity contribution >= 4 is 38.8 Å². The maximum atomic E-state index is 12.3. The molecule has 0 unspecified atom stereocenters. The summed E-state index contributed by atoms with van der Waals surface area (Å²) in [5.74, 6) is -0.288. The van der Waals surface area contributed by atoms with Crippen LogP contribution >= 0.6 is 15.9 Å². The molecule has 5 nitrogen and oxygen atoms in total. The van der Waals surface area contributed by atoms with Crippen molar-refractivity contribution in [2.24, 2.45) is 5.10 Å². The number of phenolic OH excluding ortho intramolecular Hbond substituents is 2. The molecule has 3 aromatic carbocycles. The second-order valence-electron chi connectivity index (χ2n) is 6.32. The predicted molar refractivity (Wildman–Crippen MR) is 110 cm³/mol. The molecule has 0 atom stereocenters. The van der Waals surface area contributed by atoms with E-state index in [0.29, 0.717) is 16.7 Å². The Hall–Kier alpha value is -2.86. The number of amides is 1. The number of aryl methyl sites for hydroxylation is 1. The monoisotopic (exact) mass is 426 g/mol. The van der Waals surface area contributed by atoms with Gasteiger partial charge in [0, 0.05) is 15.6 Å². The van der Waals surface area contributed by atoms with Crippen molar-refractivity contribution in [1.82, 2.24) is 5.43 Å². The fourth-order valence-corrected chi connectivity index (χ4v) is 3.40. The highest BCUT2D eigenvalue weighted by molar-refractivity contribution is 9.10. The van der Waals surface area contributed by atoms with Gasteiger partial charge in [-0.2, -0.15) is 5.10 Å². The van der Waals surface area contributed by atoms with Crippen LogP contribution < -0.4 is 5.43 Å². The van der Waals surface area contributed by atoms with Crippen LogP contribution in [0.25, 0.3) is 10.8 Å². The van der Waals surface area contributed by atoms with Crippen LogP contribution in [0.5, 0.6) is 11.5 Å². The molecule has 0 aliphatic rings. The normalized spacial score (nSPS) is 11.2. The lowest BCUT2D eigenvalue weighted by Crippen LogP contribution is -2.20. The number of carbonyl (C=O) groups excluding carboxylic acids is 1. The largest absolute Gasteiger partial charge is 0.508 e. The first-order valence-corrected chi connectivity index (χ1v) is 9.18.